The van der Waals surface area contributed by atoms with Crippen LogP contribution in [0.1, 0.15) is 18.1 Å². The van der Waals surface area contributed by atoms with E-state index in [9.17, 15) is 0 Å². The SMILES string of the molecule is COc1cc(CNC[C@@H]2CN(C)CCO2)c2c(c1)C[C@H](C)O2. The molecule has 2 aliphatic heterocycles. The van der Waals surface area contributed by atoms with Gasteiger partial charge < -0.3 is 24.4 Å². The summed E-state index contributed by atoms with van der Waals surface area (Å²) in [6.45, 7) is 6.55. The van der Waals surface area contributed by atoms with Gasteiger partial charge in [-0.15, -0.1) is 0 Å². The third-order valence-corrected chi connectivity index (χ3v) is 4.31. The van der Waals surface area contributed by atoms with E-state index in [1.165, 1.54) is 11.1 Å². The van der Waals surface area contributed by atoms with E-state index in [0.29, 0.717) is 0 Å². The molecule has 1 aromatic carbocycles. The van der Waals surface area contributed by atoms with Gasteiger partial charge in [0.1, 0.15) is 17.6 Å². The molecule has 0 unspecified atom stereocenters. The predicted molar refractivity (Wildman–Crippen MR) is 85.7 cm³/mol. The van der Waals surface area contributed by atoms with Crippen LogP contribution in [0.2, 0.25) is 0 Å². The van der Waals surface area contributed by atoms with Crippen LogP contribution in [0, 0.1) is 0 Å². The van der Waals surface area contributed by atoms with Gasteiger partial charge in [-0.05, 0) is 26.1 Å². The summed E-state index contributed by atoms with van der Waals surface area (Å²) >= 11 is 0. The molecular formula is C17H26N2O3. The highest BCUT2D eigenvalue weighted by molar-refractivity contribution is 5.49. The lowest BCUT2D eigenvalue weighted by Crippen LogP contribution is -2.44. The molecule has 0 amide bonds. The maximum absolute atomic E-state index is 5.96. The molecule has 2 atom stereocenters. The number of fused-ring (bicyclic) bond motifs is 1. The number of benzene rings is 1. The number of likely N-dealkylation sites (N-methyl/N-ethyl adjacent to an activating group) is 1. The van der Waals surface area contributed by atoms with Crippen molar-refractivity contribution in [3.05, 3.63) is 23.3 Å². The van der Waals surface area contributed by atoms with Gasteiger partial charge in [0.05, 0.1) is 19.8 Å². The van der Waals surface area contributed by atoms with E-state index in [0.717, 1.165) is 50.7 Å². The lowest BCUT2D eigenvalue weighted by atomic mass is 10.1. The molecule has 1 fully saturated rings. The number of hydrogen-bond acceptors (Lipinski definition) is 5. The summed E-state index contributed by atoms with van der Waals surface area (Å²) in [5.74, 6) is 1.93. The Balaban J connectivity index is 1.61. The van der Waals surface area contributed by atoms with Crippen LogP contribution in [-0.4, -0.2) is 57.5 Å². The molecule has 0 aromatic heterocycles. The topological polar surface area (TPSA) is 43.0 Å². The number of nitrogens with zero attached hydrogens (tertiary/aromatic N) is 1. The Labute approximate surface area is 132 Å². The van der Waals surface area contributed by atoms with Crippen LogP contribution >= 0.6 is 0 Å². The van der Waals surface area contributed by atoms with Crippen LogP contribution in [0.3, 0.4) is 0 Å². The Bertz CT molecular complexity index is 521. The fourth-order valence-electron chi connectivity index (χ4n) is 3.19. The van der Waals surface area contributed by atoms with Gasteiger partial charge in [0, 0.05) is 43.7 Å². The van der Waals surface area contributed by atoms with Gasteiger partial charge in [0.25, 0.3) is 0 Å². The van der Waals surface area contributed by atoms with Crippen molar-refractivity contribution in [1.29, 1.82) is 0 Å². The Morgan fingerprint density at radius 1 is 1.41 bits per heavy atom. The van der Waals surface area contributed by atoms with E-state index < -0.39 is 0 Å². The van der Waals surface area contributed by atoms with Gasteiger partial charge in [-0.25, -0.2) is 0 Å². The normalized spacial score (nSPS) is 24.9. The highest BCUT2D eigenvalue weighted by Gasteiger charge is 2.24. The zero-order valence-electron chi connectivity index (χ0n) is 13.7. The zero-order valence-corrected chi connectivity index (χ0v) is 13.7. The van der Waals surface area contributed by atoms with Gasteiger partial charge in [-0.3, -0.25) is 0 Å². The molecule has 2 heterocycles. The maximum atomic E-state index is 5.96. The standard InChI is InChI=1S/C17H26N2O3/c1-12-6-13-7-15(20-3)8-14(17(13)22-12)9-18-10-16-11-19(2)4-5-21-16/h7-8,12,16,18H,4-6,9-11H2,1-3H3/t12-,16+/m0/s1. The molecule has 1 N–H and O–H groups in total. The van der Waals surface area contributed by atoms with Crippen LogP contribution in [0.4, 0.5) is 0 Å². The molecule has 1 aromatic rings. The molecular weight excluding hydrogens is 280 g/mol. The summed E-state index contributed by atoms with van der Waals surface area (Å²) in [6.07, 6.45) is 1.46. The second-order valence-corrected chi connectivity index (χ2v) is 6.29. The molecule has 0 spiro atoms. The highest BCUT2D eigenvalue weighted by Crippen LogP contribution is 2.36. The second kappa shape index (κ2) is 6.86. The van der Waals surface area contributed by atoms with Gasteiger partial charge in [-0.1, -0.05) is 0 Å². The van der Waals surface area contributed by atoms with Crippen molar-refractivity contribution in [2.24, 2.45) is 0 Å². The summed E-state index contributed by atoms with van der Waals surface area (Å²) in [4.78, 5) is 2.31. The maximum Gasteiger partial charge on any atom is 0.127 e. The number of methoxy groups -OCH3 is 1. The van der Waals surface area contributed by atoms with Crippen molar-refractivity contribution in [3.8, 4) is 11.5 Å². The van der Waals surface area contributed by atoms with E-state index in [2.05, 4.69) is 36.3 Å². The van der Waals surface area contributed by atoms with E-state index in [1.54, 1.807) is 7.11 Å². The van der Waals surface area contributed by atoms with Crippen molar-refractivity contribution in [3.63, 3.8) is 0 Å². The van der Waals surface area contributed by atoms with Crippen molar-refractivity contribution < 1.29 is 14.2 Å². The van der Waals surface area contributed by atoms with Gasteiger partial charge >= 0.3 is 0 Å². The van der Waals surface area contributed by atoms with Crippen LogP contribution in [0.5, 0.6) is 11.5 Å². The molecule has 5 heteroatoms. The quantitative estimate of drug-likeness (QED) is 0.892. The lowest BCUT2D eigenvalue weighted by molar-refractivity contribution is -0.0182. The third-order valence-electron chi connectivity index (χ3n) is 4.31. The molecule has 0 aliphatic carbocycles. The lowest BCUT2D eigenvalue weighted by Gasteiger charge is -2.30. The van der Waals surface area contributed by atoms with E-state index >= 15 is 0 Å². The first-order valence-corrected chi connectivity index (χ1v) is 8.03. The molecule has 22 heavy (non-hydrogen) atoms. The summed E-state index contributed by atoms with van der Waals surface area (Å²) in [5, 5.41) is 3.50. The monoisotopic (exact) mass is 306 g/mol. The summed E-state index contributed by atoms with van der Waals surface area (Å²) in [7, 11) is 3.85. The minimum absolute atomic E-state index is 0.246. The zero-order chi connectivity index (χ0) is 15.5. The summed E-state index contributed by atoms with van der Waals surface area (Å²) < 4.78 is 17.2. The average molecular weight is 306 g/mol. The largest absolute Gasteiger partial charge is 0.497 e. The molecule has 2 aliphatic rings. The predicted octanol–water partition coefficient (Wildman–Crippen LogP) is 1.44. The van der Waals surface area contributed by atoms with Crippen LogP contribution < -0.4 is 14.8 Å². The van der Waals surface area contributed by atoms with Gasteiger partial charge in [-0.2, -0.15) is 0 Å². The fourth-order valence-corrected chi connectivity index (χ4v) is 3.19. The van der Waals surface area contributed by atoms with E-state index in [-0.39, 0.29) is 12.2 Å². The average Bonchev–Trinajstić information content (AvgIpc) is 2.87. The molecule has 0 bridgehead atoms. The molecule has 1 saturated heterocycles. The van der Waals surface area contributed by atoms with E-state index in [4.69, 9.17) is 14.2 Å². The van der Waals surface area contributed by atoms with Gasteiger partial charge in [0.15, 0.2) is 0 Å². The number of morpholine rings is 1. The van der Waals surface area contributed by atoms with Crippen molar-refractivity contribution in [2.75, 3.05) is 40.4 Å². The third kappa shape index (κ3) is 3.54. The number of hydrogen-bond donors (Lipinski definition) is 1. The Morgan fingerprint density at radius 2 is 2.27 bits per heavy atom. The number of nitrogens with one attached hydrogen (secondary N) is 1. The number of ether oxygens (including phenoxy) is 3. The second-order valence-electron chi connectivity index (χ2n) is 6.29. The van der Waals surface area contributed by atoms with E-state index in [1.807, 2.05) is 0 Å². The molecule has 0 saturated carbocycles. The summed E-state index contributed by atoms with van der Waals surface area (Å²) in [5.41, 5.74) is 2.42. The van der Waals surface area contributed by atoms with Crippen molar-refractivity contribution in [2.45, 2.75) is 32.1 Å². The molecule has 122 valence electrons. The van der Waals surface area contributed by atoms with Crippen LogP contribution in [0.25, 0.3) is 0 Å². The first kappa shape index (κ1) is 15.6. The first-order valence-electron chi connectivity index (χ1n) is 8.03. The molecule has 5 nitrogen and oxygen atoms in total. The minimum atomic E-state index is 0.246. The Hall–Kier alpha value is -1.30. The van der Waals surface area contributed by atoms with Crippen LogP contribution in [-0.2, 0) is 17.7 Å². The van der Waals surface area contributed by atoms with Crippen molar-refractivity contribution >= 4 is 0 Å². The molecule has 3 rings (SSSR count). The first-order chi connectivity index (χ1) is 10.7. The Kier molecular flexibility index (Phi) is 4.86. The smallest absolute Gasteiger partial charge is 0.127 e. The fraction of sp³-hybridized carbons (Fsp3) is 0.647. The van der Waals surface area contributed by atoms with Crippen LogP contribution in [0.15, 0.2) is 12.1 Å². The Morgan fingerprint density at radius 3 is 3.05 bits per heavy atom. The van der Waals surface area contributed by atoms with Gasteiger partial charge in [0.2, 0.25) is 0 Å². The van der Waals surface area contributed by atoms with Crippen molar-refractivity contribution in [1.82, 2.24) is 10.2 Å². The highest BCUT2D eigenvalue weighted by atomic mass is 16.5. The molecule has 0 radical (unpaired) electrons. The minimum Gasteiger partial charge on any atom is -0.497 e. The number of rotatable bonds is 5. The summed E-state index contributed by atoms with van der Waals surface area (Å²) in [6, 6.07) is 4.15.